The van der Waals surface area contributed by atoms with E-state index in [2.05, 4.69) is 5.10 Å². The van der Waals surface area contributed by atoms with Crippen molar-refractivity contribution in [1.82, 2.24) is 9.78 Å². The van der Waals surface area contributed by atoms with E-state index >= 15 is 0 Å². The highest BCUT2D eigenvalue weighted by Gasteiger charge is 2.14. The van der Waals surface area contributed by atoms with Gasteiger partial charge in [-0.15, -0.1) is 0 Å². The summed E-state index contributed by atoms with van der Waals surface area (Å²) >= 11 is 5.88. The topological polar surface area (TPSA) is 70.4 Å². The first-order valence-corrected chi connectivity index (χ1v) is 10.1. The van der Waals surface area contributed by atoms with E-state index in [9.17, 15) is 8.42 Å². The van der Waals surface area contributed by atoms with Crippen LogP contribution in [0.25, 0.3) is 5.69 Å². The second-order valence-corrected chi connectivity index (χ2v) is 7.96. The summed E-state index contributed by atoms with van der Waals surface area (Å²) in [5.41, 5.74) is 2.74. The molecule has 0 saturated carbocycles. The third-order valence-corrected chi connectivity index (χ3v) is 5.35. The van der Waals surface area contributed by atoms with Gasteiger partial charge in [0.2, 0.25) is 0 Å². The minimum atomic E-state index is -3.76. The molecule has 0 aliphatic heterocycles. The zero-order valence-electron chi connectivity index (χ0n) is 14.7. The number of benzene rings is 2. The van der Waals surface area contributed by atoms with E-state index < -0.39 is 10.1 Å². The number of hydrogen-bond acceptors (Lipinski definition) is 5. The molecule has 0 unspecified atom stereocenters. The second kappa shape index (κ2) is 8.67. The molecule has 0 aliphatic rings. The number of hydrogen-bond donors (Lipinski definition) is 0. The average Bonchev–Trinajstić information content (AvgIpc) is 3.11. The zero-order valence-corrected chi connectivity index (χ0v) is 16.3. The number of nitrogens with zero attached hydrogens (tertiary/aromatic N) is 2. The molecule has 0 spiro atoms. The SMILES string of the molecule is Cc1ccc(S(=O)(=O)OCCOCc2cnn(-c3ccc(Cl)cc3)c2)cc1. The number of aryl methyl sites for hydroxylation is 1. The van der Waals surface area contributed by atoms with Gasteiger partial charge in [0.05, 0.1) is 36.6 Å². The van der Waals surface area contributed by atoms with Crippen LogP contribution in [0.2, 0.25) is 5.02 Å². The van der Waals surface area contributed by atoms with E-state index in [1.54, 1.807) is 35.1 Å². The maximum absolute atomic E-state index is 12.1. The maximum Gasteiger partial charge on any atom is 0.297 e. The molecule has 0 bridgehead atoms. The van der Waals surface area contributed by atoms with Crippen LogP contribution in [-0.4, -0.2) is 31.4 Å². The lowest BCUT2D eigenvalue weighted by Crippen LogP contribution is -2.11. The summed E-state index contributed by atoms with van der Waals surface area (Å²) in [6.45, 7) is 2.29. The van der Waals surface area contributed by atoms with Crippen molar-refractivity contribution >= 4 is 21.7 Å². The quantitative estimate of drug-likeness (QED) is 0.421. The van der Waals surface area contributed by atoms with Crippen LogP contribution in [0.3, 0.4) is 0 Å². The first-order valence-electron chi connectivity index (χ1n) is 8.27. The van der Waals surface area contributed by atoms with Crippen LogP contribution < -0.4 is 0 Å². The van der Waals surface area contributed by atoms with Gasteiger partial charge in [0.1, 0.15) is 0 Å². The van der Waals surface area contributed by atoms with Gasteiger partial charge in [0.15, 0.2) is 0 Å². The van der Waals surface area contributed by atoms with E-state index in [-0.39, 0.29) is 18.1 Å². The molecule has 142 valence electrons. The van der Waals surface area contributed by atoms with Crippen LogP contribution >= 0.6 is 11.6 Å². The Bertz CT molecular complexity index is 983. The molecular weight excluding hydrogens is 388 g/mol. The first-order chi connectivity index (χ1) is 12.9. The molecule has 3 aromatic rings. The van der Waals surface area contributed by atoms with E-state index in [1.165, 1.54) is 12.1 Å². The summed E-state index contributed by atoms with van der Waals surface area (Å²) in [4.78, 5) is 0.136. The van der Waals surface area contributed by atoms with E-state index in [4.69, 9.17) is 20.5 Å². The lowest BCUT2D eigenvalue weighted by molar-refractivity contribution is 0.0907. The number of halogens is 1. The Morgan fingerprint density at radius 3 is 2.44 bits per heavy atom. The molecule has 0 amide bonds. The minimum absolute atomic E-state index is 0.0540. The Morgan fingerprint density at radius 2 is 1.74 bits per heavy atom. The van der Waals surface area contributed by atoms with Gasteiger partial charge in [-0.1, -0.05) is 29.3 Å². The lowest BCUT2D eigenvalue weighted by Gasteiger charge is -2.06. The standard InChI is InChI=1S/C19H19ClN2O4S/c1-15-2-8-19(9-3-15)27(23,24)26-11-10-25-14-16-12-21-22(13-16)18-6-4-17(20)5-7-18/h2-9,12-13H,10-11,14H2,1H3. The summed E-state index contributed by atoms with van der Waals surface area (Å²) in [7, 11) is -3.76. The van der Waals surface area contributed by atoms with Crippen molar-refractivity contribution in [2.24, 2.45) is 0 Å². The molecule has 0 saturated heterocycles. The van der Waals surface area contributed by atoms with Gasteiger partial charge in [0.25, 0.3) is 10.1 Å². The van der Waals surface area contributed by atoms with Crippen molar-refractivity contribution in [3.8, 4) is 5.69 Å². The van der Waals surface area contributed by atoms with Gasteiger partial charge in [-0.25, -0.2) is 4.68 Å². The molecule has 0 atom stereocenters. The van der Waals surface area contributed by atoms with Gasteiger partial charge in [-0.2, -0.15) is 13.5 Å². The molecule has 6 nitrogen and oxygen atoms in total. The number of ether oxygens (including phenoxy) is 1. The predicted octanol–water partition coefficient (Wildman–Crippen LogP) is 3.76. The smallest absolute Gasteiger partial charge is 0.297 e. The fraction of sp³-hybridized carbons (Fsp3) is 0.211. The maximum atomic E-state index is 12.1. The third-order valence-electron chi connectivity index (χ3n) is 3.77. The third kappa shape index (κ3) is 5.40. The van der Waals surface area contributed by atoms with Crippen LogP contribution in [0.4, 0.5) is 0 Å². The summed E-state index contributed by atoms with van der Waals surface area (Å²) in [5.74, 6) is 0. The lowest BCUT2D eigenvalue weighted by atomic mass is 10.2. The van der Waals surface area contributed by atoms with E-state index in [1.807, 2.05) is 25.3 Å². The van der Waals surface area contributed by atoms with Crippen molar-refractivity contribution in [3.05, 3.63) is 77.1 Å². The predicted molar refractivity (Wildman–Crippen MR) is 103 cm³/mol. The van der Waals surface area contributed by atoms with E-state index in [0.29, 0.717) is 11.6 Å². The van der Waals surface area contributed by atoms with Crippen molar-refractivity contribution < 1.29 is 17.3 Å². The monoisotopic (exact) mass is 406 g/mol. The Morgan fingerprint density at radius 1 is 1.04 bits per heavy atom. The van der Waals surface area contributed by atoms with Crippen LogP contribution in [0.5, 0.6) is 0 Å². The first kappa shape index (κ1) is 19.6. The summed E-state index contributed by atoms with van der Waals surface area (Å²) < 4.78 is 36.3. The van der Waals surface area contributed by atoms with Crippen LogP contribution in [0, 0.1) is 6.92 Å². The summed E-state index contributed by atoms with van der Waals surface area (Å²) in [5, 5.41) is 4.93. The molecular formula is C19H19ClN2O4S. The van der Waals surface area contributed by atoms with Gasteiger partial charge in [0, 0.05) is 16.8 Å². The minimum Gasteiger partial charge on any atom is -0.374 e. The van der Waals surface area contributed by atoms with Gasteiger partial charge >= 0.3 is 0 Å². The zero-order chi connectivity index (χ0) is 19.3. The molecule has 1 heterocycles. The molecule has 3 rings (SSSR count). The van der Waals surface area contributed by atoms with Gasteiger partial charge in [-0.05, 0) is 43.3 Å². The van der Waals surface area contributed by atoms with Crippen LogP contribution in [-0.2, 0) is 25.6 Å². The molecule has 1 aromatic heterocycles. The molecule has 2 aromatic carbocycles. The molecule has 0 fully saturated rings. The number of rotatable bonds is 8. The Hall–Kier alpha value is -2.19. The van der Waals surface area contributed by atoms with Crippen LogP contribution in [0.15, 0.2) is 65.8 Å². The summed E-state index contributed by atoms with van der Waals surface area (Å²) in [6, 6.07) is 13.8. The van der Waals surface area contributed by atoms with Gasteiger partial charge < -0.3 is 4.74 Å². The highest BCUT2D eigenvalue weighted by atomic mass is 35.5. The van der Waals surface area contributed by atoms with Crippen molar-refractivity contribution in [3.63, 3.8) is 0 Å². The largest absolute Gasteiger partial charge is 0.374 e. The van der Waals surface area contributed by atoms with Crippen molar-refractivity contribution in [2.45, 2.75) is 18.4 Å². The van der Waals surface area contributed by atoms with E-state index in [0.717, 1.165) is 16.8 Å². The fourth-order valence-corrected chi connectivity index (χ4v) is 3.35. The molecule has 0 aliphatic carbocycles. The highest BCUT2D eigenvalue weighted by molar-refractivity contribution is 7.86. The normalized spacial score (nSPS) is 11.6. The molecule has 8 heteroatoms. The Balaban J connectivity index is 1.45. The molecule has 0 N–H and O–H groups in total. The molecule has 0 radical (unpaired) electrons. The fourth-order valence-electron chi connectivity index (χ4n) is 2.34. The Kier molecular flexibility index (Phi) is 6.28. The second-order valence-electron chi connectivity index (χ2n) is 5.91. The van der Waals surface area contributed by atoms with Gasteiger partial charge in [-0.3, -0.25) is 4.18 Å². The van der Waals surface area contributed by atoms with Crippen molar-refractivity contribution in [1.29, 1.82) is 0 Å². The number of aromatic nitrogens is 2. The van der Waals surface area contributed by atoms with Crippen molar-refractivity contribution in [2.75, 3.05) is 13.2 Å². The summed E-state index contributed by atoms with van der Waals surface area (Å²) in [6.07, 6.45) is 3.53. The Labute approximate surface area is 163 Å². The highest BCUT2D eigenvalue weighted by Crippen LogP contribution is 2.14. The average molecular weight is 407 g/mol. The molecule has 27 heavy (non-hydrogen) atoms. The van der Waals surface area contributed by atoms with Crippen LogP contribution in [0.1, 0.15) is 11.1 Å².